The number of benzene rings is 3. The van der Waals surface area contributed by atoms with E-state index in [1.807, 2.05) is 13.8 Å². The topological polar surface area (TPSA) is 86.8 Å². The second kappa shape index (κ2) is 12.9. The Morgan fingerprint density at radius 2 is 1.53 bits per heavy atom. The number of hydrogen-bond acceptors (Lipinski definition) is 4. The van der Waals surface area contributed by atoms with E-state index in [1.54, 1.807) is 49.4 Å². The Morgan fingerprint density at radius 3 is 2.13 bits per heavy atom. The molecule has 0 aliphatic carbocycles. The smallest absolute Gasteiger partial charge is 0.264 e. The van der Waals surface area contributed by atoms with Gasteiger partial charge in [0.15, 0.2) is 0 Å². The fourth-order valence-electron chi connectivity index (χ4n) is 3.71. The highest BCUT2D eigenvalue weighted by Gasteiger charge is 2.33. The third kappa shape index (κ3) is 7.33. The Labute approximate surface area is 228 Å². The molecular weight excluding hydrogens is 529 g/mol. The molecule has 0 saturated carbocycles. The quantitative estimate of drug-likeness (QED) is 0.363. The zero-order valence-electron chi connectivity index (χ0n) is 21.5. The normalized spacial score (nSPS) is 12.2. The first-order chi connectivity index (χ1) is 18.0. The van der Waals surface area contributed by atoms with E-state index in [4.69, 9.17) is 11.6 Å². The highest BCUT2D eigenvalue weighted by atomic mass is 35.5. The minimum atomic E-state index is -4.32. The van der Waals surface area contributed by atoms with Gasteiger partial charge in [-0.1, -0.05) is 67.9 Å². The summed E-state index contributed by atoms with van der Waals surface area (Å²) in [4.78, 5) is 27.9. The first kappa shape index (κ1) is 29.1. The molecule has 0 unspecified atom stereocenters. The van der Waals surface area contributed by atoms with E-state index in [1.165, 1.54) is 35.2 Å². The van der Waals surface area contributed by atoms with Gasteiger partial charge in [0.25, 0.3) is 10.0 Å². The van der Waals surface area contributed by atoms with Gasteiger partial charge in [-0.3, -0.25) is 13.9 Å². The second-order valence-corrected chi connectivity index (χ2v) is 11.5. The third-order valence-electron chi connectivity index (χ3n) is 5.85. The predicted molar refractivity (Wildman–Crippen MR) is 147 cm³/mol. The molecule has 0 aromatic heterocycles. The van der Waals surface area contributed by atoms with Crippen LogP contribution in [-0.2, 0) is 26.2 Å². The van der Waals surface area contributed by atoms with E-state index < -0.39 is 34.3 Å². The van der Waals surface area contributed by atoms with Crippen molar-refractivity contribution in [3.8, 4) is 0 Å². The van der Waals surface area contributed by atoms with E-state index >= 15 is 0 Å². The molecule has 1 atom stereocenters. The molecule has 3 aromatic rings. The van der Waals surface area contributed by atoms with Gasteiger partial charge in [0.2, 0.25) is 11.8 Å². The van der Waals surface area contributed by atoms with E-state index in [-0.39, 0.29) is 29.0 Å². The number of carbonyl (C=O) groups is 2. The Kier molecular flexibility index (Phi) is 9.88. The lowest BCUT2D eigenvalue weighted by atomic mass is 10.1. The SMILES string of the molecule is CC(C)CNC(=O)[C@H](C)N(Cc1ccc(Cl)cc1)C(=O)CN(c1ccccc1F)S(=O)(=O)c1ccccc1. The van der Waals surface area contributed by atoms with Crippen LogP contribution in [0.2, 0.25) is 5.02 Å². The number of para-hydroxylation sites is 1. The van der Waals surface area contributed by atoms with Gasteiger partial charge in [-0.15, -0.1) is 0 Å². The van der Waals surface area contributed by atoms with Crippen LogP contribution in [0.5, 0.6) is 0 Å². The van der Waals surface area contributed by atoms with Crippen LogP contribution >= 0.6 is 11.6 Å². The number of rotatable bonds is 11. The molecule has 202 valence electrons. The molecule has 2 amide bonds. The molecule has 3 aromatic carbocycles. The molecule has 0 heterocycles. The molecule has 0 saturated heterocycles. The molecule has 3 rings (SSSR count). The van der Waals surface area contributed by atoms with Gasteiger partial charge in [0.05, 0.1) is 10.6 Å². The van der Waals surface area contributed by atoms with Crippen LogP contribution in [0.25, 0.3) is 0 Å². The number of anilines is 1. The van der Waals surface area contributed by atoms with Crippen molar-refractivity contribution in [2.24, 2.45) is 5.92 Å². The van der Waals surface area contributed by atoms with E-state index in [0.717, 1.165) is 10.4 Å². The Balaban J connectivity index is 2.00. The molecule has 0 bridgehead atoms. The van der Waals surface area contributed by atoms with Crippen molar-refractivity contribution in [2.75, 3.05) is 17.4 Å². The molecule has 1 N–H and O–H groups in total. The number of sulfonamides is 1. The van der Waals surface area contributed by atoms with Gasteiger partial charge in [-0.25, -0.2) is 12.8 Å². The maximum atomic E-state index is 14.9. The molecule has 0 aliphatic heterocycles. The number of nitrogens with one attached hydrogen (secondary N) is 1. The summed E-state index contributed by atoms with van der Waals surface area (Å²) in [5.74, 6) is -1.66. The zero-order chi connectivity index (χ0) is 27.9. The van der Waals surface area contributed by atoms with Crippen molar-refractivity contribution in [3.63, 3.8) is 0 Å². The predicted octanol–water partition coefficient (Wildman–Crippen LogP) is 4.86. The lowest BCUT2D eigenvalue weighted by molar-refractivity contribution is -0.139. The van der Waals surface area contributed by atoms with Gasteiger partial charge in [0, 0.05) is 18.1 Å². The van der Waals surface area contributed by atoms with Gasteiger partial charge < -0.3 is 10.2 Å². The van der Waals surface area contributed by atoms with Crippen molar-refractivity contribution in [2.45, 2.75) is 38.3 Å². The molecule has 0 fully saturated rings. The minimum absolute atomic E-state index is 0.0166. The van der Waals surface area contributed by atoms with Gasteiger partial charge in [0.1, 0.15) is 18.4 Å². The van der Waals surface area contributed by atoms with Crippen LogP contribution < -0.4 is 9.62 Å². The Hall–Kier alpha value is -3.43. The molecule has 10 heteroatoms. The van der Waals surface area contributed by atoms with Gasteiger partial charge in [-0.2, -0.15) is 0 Å². The second-order valence-electron chi connectivity index (χ2n) is 9.24. The maximum absolute atomic E-state index is 14.9. The summed E-state index contributed by atoms with van der Waals surface area (Å²) in [6.45, 7) is 5.18. The maximum Gasteiger partial charge on any atom is 0.264 e. The van der Waals surface area contributed by atoms with Crippen molar-refractivity contribution < 1.29 is 22.4 Å². The van der Waals surface area contributed by atoms with E-state index in [9.17, 15) is 22.4 Å². The van der Waals surface area contributed by atoms with Crippen molar-refractivity contribution in [3.05, 3.63) is 95.3 Å². The summed E-state index contributed by atoms with van der Waals surface area (Å²) in [6.07, 6.45) is 0. The summed E-state index contributed by atoms with van der Waals surface area (Å²) in [7, 11) is -4.32. The first-order valence-corrected chi connectivity index (χ1v) is 14.0. The highest BCUT2D eigenvalue weighted by molar-refractivity contribution is 7.92. The van der Waals surface area contributed by atoms with Crippen molar-refractivity contribution in [1.29, 1.82) is 0 Å². The number of halogens is 2. The van der Waals surface area contributed by atoms with E-state index in [0.29, 0.717) is 17.1 Å². The molecule has 0 radical (unpaired) electrons. The zero-order valence-corrected chi connectivity index (χ0v) is 23.0. The summed E-state index contributed by atoms with van der Waals surface area (Å²) in [5.41, 5.74) is 0.419. The Morgan fingerprint density at radius 1 is 0.921 bits per heavy atom. The van der Waals surface area contributed by atoms with Crippen LogP contribution in [-0.4, -0.2) is 44.3 Å². The summed E-state index contributed by atoms with van der Waals surface area (Å²) >= 11 is 6.00. The molecule has 0 spiro atoms. The molecule has 0 aliphatic rings. The van der Waals surface area contributed by atoms with E-state index in [2.05, 4.69) is 5.32 Å². The summed E-state index contributed by atoms with van der Waals surface area (Å²) in [6, 6.07) is 18.7. The molecule has 7 nitrogen and oxygen atoms in total. The van der Waals surface area contributed by atoms with Crippen LogP contribution in [0.4, 0.5) is 10.1 Å². The van der Waals surface area contributed by atoms with Crippen LogP contribution in [0.15, 0.2) is 83.8 Å². The van der Waals surface area contributed by atoms with Gasteiger partial charge in [-0.05, 0) is 54.8 Å². The molecular formula is C28H31ClFN3O4S. The highest BCUT2D eigenvalue weighted by Crippen LogP contribution is 2.27. The standard InChI is InChI=1S/C28H31ClFN3O4S/c1-20(2)17-31-28(35)21(3)32(18-22-13-15-23(29)16-14-22)27(34)19-33(26-12-8-7-11-25(26)30)38(36,37)24-9-5-4-6-10-24/h4-16,20-21H,17-19H2,1-3H3,(H,31,35)/t21-/m0/s1. The fourth-order valence-corrected chi connectivity index (χ4v) is 5.28. The Bertz CT molecular complexity index is 1350. The van der Waals surface area contributed by atoms with Crippen LogP contribution in [0.3, 0.4) is 0 Å². The lowest BCUT2D eigenvalue weighted by Crippen LogP contribution is -2.51. The van der Waals surface area contributed by atoms with Crippen molar-refractivity contribution in [1.82, 2.24) is 10.2 Å². The monoisotopic (exact) mass is 559 g/mol. The summed E-state index contributed by atoms with van der Waals surface area (Å²) < 4.78 is 42.9. The van der Waals surface area contributed by atoms with Crippen LogP contribution in [0.1, 0.15) is 26.3 Å². The minimum Gasteiger partial charge on any atom is -0.354 e. The largest absolute Gasteiger partial charge is 0.354 e. The average Bonchev–Trinajstić information content (AvgIpc) is 2.90. The van der Waals surface area contributed by atoms with Crippen LogP contribution in [0, 0.1) is 11.7 Å². The summed E-state index contributed by atoms with van der Waals surface area (Å²) in [5, 5.41) is 3.32. The lowest BCUT2D eigenvalue weighted by Gasteiger charge is -2.32. The number of amides is 2. The fraction of sp³-hybridized carbons (Fsp3) is 0.286. The third-order valence-corrected chi connectivity index (χ3v) is 7.88. The first-order valence-electron chi connectivity index (χ1n) is 12.1. The molecule has 38 heavy (non-hydrogen) atoms. The average molecular weight is 560 g/mol. The number of nitrogens with zero attached hydrogens (tertiary/aromatic N) is 2. The number of carbonyl (C=O) groups excluding carboxylic acids is 2. The van der Waals surface area contributed by atoms with Crippen molar-refractivity contribution >= 4 is 39.1 Å². The number of hydrogen-bond donors (Lipinski definition) is 1. The van der Waals surface area contributed by atoms with Gasteiger partial charge >= 0.3 is 0 Å².